The maximum absolute atomic E-state index is 13.0. The molecule has 29 heavy (non-hydrogen) atoms. The molecule has 0 saturated carbocycles. The van der Waals surface area contributed by atoms with Crippen LogP contribution in [0.2, 0.25) is 10.0 Å². The Morgan fingerprint density at radius 2 is 1.55 bits per heavy atom. The zero-order chi connectivity index (χ0) is 20.5. The number of methoxy groups -OCH3 is 1. The predicted octanol–water partition coefficient (Wildman–Crippen LogP) is 5.33. The van der Waals surface area contributed by atoms with Gasteiger partial charge in [-0.1, -0.05) is 35.3 Å². The van der Waals surface area contributed by atoms with Gasteiger partial charge in [0.25, 0.3) is 0 Å². The van der Waals surface area contributed by atoms with Crippen LogP contribution in [0.5, 0.6) is 0 Å². The maximum Gasteiger partial charge on any atom is 0.340 e. The van der Waals surface area contributed by atoms with Crippen molar-refractivity contribution in [2.45, 2.75) is 0 Å². The van der Waals surface area contributed by atoms with E-state index in [0.29, 0.717) is 32.5 Å². The first kappa shape index (κ1) is 19.2. The van der Waals surface area contributed by atoms with Gasteiger partial charge in [0, 0.05) is 21.2 Å². The number of ether oxygens (including phenoxy) is 1. The van der Waals surface area contributed by atoms with Crippen molar-refractivity contribution in [1.82, 2.24) is 9.38 Å². The zero-order valence-electron chi connectivity index (χ0n) is 15.2. The van der Waals surface area contributed by atoms with E-state index in [4.69, 9.17) is 27.9 Å². The fourth-order valence-corrected chi connectivity index (χ4v) is 3.33. The summed E-state index contributed by atoms with van der Waals surface area (Å²) in [6, 6.07) is 17.0. The van der Waals surface area contributed by atoms with Crippen molar-refractivity contribution < 1.29 is 14.3 Å². The number of esters is 1. The quantitative estimate of drug-likeness (QED) is 0.328. The monoisotopic (exact) mass is 424 g/mol. The van der Waals surface area contributed by atoms with Crippen LogP contribution < -0.4 is 0 Å². The smallest absolute Gasteiger partial charge is 0.340 e. The van der Waals surface area contributed by atoms with Crippen LogP contribution in [0.1, 0.15) is 26.4 Å². The summed E-state index contributed by atoms with van der Waals surface area (Å²) in [6.07, 6.45) is 1.52. The zero-order valence-corrected chi connectivity index (χ0v) is 16.7. The standard InChI is InChI=1S/C22H14Cl2N2O3/c1-29-22(28)17-10-20(21(27)14-4-8-16(24)9-5-14)26-12-25-18(11-19(17)26)13-2-6-15(23)7-3-13/h2-12H,1H3. The largest absolute Gasteiger partial charge is 0.465 e. The third-order valence-electron chi connectivity index (χ3n) is 4.55. The first-order valence-electron chi connectivity index (χ1n) is 8.63. The molecule has 0 fully saturated rings. The number of carbonyl (C=O) groups is 2. The van der Waals surface area contributed by atoms with Crippen molar-refractivity contribution in [3.05, 3.63) is 93.9 Å². The second kappa shape index (κ2) is 7.70. The van der Waals surface area contributed by atoms with Gasteiger partial charge in [-0.3, -0.25) is 9.20 Å². The molecule has 0 bridgehead atoms. The molecule has 0 saturated heterocycles. The Hall–Kier alpha value is -3.15. The highest BCUT2D eigenvalue weighted by Gasteiger charge is 2.22. The Morgan fingerprint density at radius 1 is 0.931 bits per heavy atom. The molecule has 0 amide bonds. The highest BCUT2D eigenvalue weighted by atomic mass is 35.5. The maximum atomic E-state index is 13.0. The predicted molar refractivity (Wildman–Crippen MR) is 112 cm³/mol. The van der Waals surface area contributed by atoms with E-state index in [1.807, 2.05) is 12.1 Å². The topological polar surface area (TPSA) is 60.7 Å². The molecular weight excluding hydrogens is 411 g/mol. The van der Waals surface area contributed by atoms with Gasteiger partial charge in [0.15, 0.2) is 0 Å². The van der Waals surface area contributed by atoms with Gasteiger partial charge in [0.05, 0.1) is 29.6 Å². The summed E-state index contributed by atoms with van der Waals surface area (Å²) in [5, 5.41) is 1.15. The van der Waals surface area contributed by atoms with Crippen LogP contribution in [0.25, 0.3) is 16.8 Å². The second-order valence-corrected chi connectivity index (χ2v) is 7.18. The Morgan fingerprint density at radius 3 is 2.17 bits per heavy atom. The van der Waals surface area contributed by atoms with Gasteiger partial charge in [0.1, 0.15) is 6.33 Å². The average Bonchev–Trinajstić information content (AvgIpc) is 3.12. The summed E-state index contributed by atoms with van der Waals surface area (Å²) in [5.74, 6) is -0.793. The first-order chi connectivity index (χ1) is 14.0. The van der Waals surface area contributed by atoms with E-state index in [-0.39, 0.29) is 11.3 Å². The molecule has 0 N–H and O–H groups in total. The molecule has 5 nitrogen and oxygen atoms in total. The number of ketones is 1. The average molecular weight is 425 g/mol. The number of hydrogen-bond acceptors (Lipinski definition) is 4. The molecule has 0 atom stereocenters. The second-order valence-electron chi connectivity index (χ2n) is 6.31. The fourth-order valence-electron chi connectivity index (χ4n) is 3.07. The van der Waals surface area contributed by atoms with E-state index in [2.05, 4.69) is 4.98 Å². The molecule has 0 aliphatic rings. The molecule has 0 spiro atoms. The third-order valence-corrected chi connectivity index (χ3v) is 5.05. The third kappa shape index (κ3) is 3.62. The summed E-state index contributed by atoms with van der Waals surface area (Å²) in [7, 11) is 1.30. The van der Waals surface area contributed by atoms with Crippen molar-refractivity contribution >= 4 is 40.5 Å². The number of rotatable bonds is 4. The molecule has 0 radical (unpaired) electrons. The molecule has 0 aliphatic carbocycles. The van der Waals surface area contributed by atoms with Crippen molar-refractivity contribution in [2.75, 3.05) is 7.11 Å². The molecule has 144 valence electrons. The van der Waals surface area contributed by atoms with E-state index >= 15 is 0 Å². The van der Waals surface area contributed by atoms with Crippen LogP contribution >= 0.6 is 23.2 Å². The first-order valence-corrected chi connectivity index (χ1v) is 9.39. The number of aromatic nitrogens is 2. The van der Waals surface area contributed by atoms with Gasteiger partial charge in [-0.25, -0.2) is 9.78 Å². The van der Waals surface area contributed by atoms with E-state index < -0.39 is 5.97 Å². The summed E-state index contributed by atoms with van der Waals surface area (Å²) in [6.45, 7) is 0. The molecule has 0 unspecified atom stereocenters. The summed E-state index contributed by atoms with van der Waals surface area (Å²) >= 11 is 11.9. The van der Waals surface area contributed by atoms with Gasteiger partial charge in [-0.15, -0.1) is 0 Å². The number of fused-ring (bicyclic) bond motifs is 1. The van der Waals surface area contributed by atoms with Crippen molar-refractivity contribution in [2.24, 2.45) is 0 Å². The highest BCUT2D eigenvalue weighted by Crippen LogP contribution is 2.26. The Kier molecular flexibility index (Phi) is 5.09. The summed E-state index contributed by atoms with van der Waals surface area (Å²) < 4.78 is 6.49. The number of carbonyl (C=O) groups excluding carboxylic acids is 2. The van der Waals surface area contributed by atoms with Gasteiger partial charge in [0.2, 0.25) is 5.78 Å². The fraction of sp³-hybridized carbons (Fsp3) is 0.0455. The van der Waals surface area contributed by atoms with Crippen molar-refractivity contribution in [1.29, 1.82) is 0 Å². The van der Waals surface area contributed by atoms with Crippen LogP contribution in [0, 0.1) is 0 Å². The minimum absolute atomic E-state index is 0.257. The Bertz CT molecular complexity index is 1230. The van der Waals surface area contributed by atoms with E-state index in [1.54, 1.807) is 46.9 Å². The van der Waals surface area contributed by atoms with Crippen LogP contribution in [0.3, 0.4) is 0 Å². The minimum Gasteiger partial charge on any atom is -0.465 e. The molecule has 2 heterocycles. The van der Waals surface area contributed by atoms with Crippen molar-refractivity contribution in [3.63, 3.8) is 0 Å². The summed E-state index contributed by atoms with van der Waals surface area (Å²) in [4.78, 5) is 29.8. The van der Waals surface area contributed by atoms with E-state index in [0.717, 1.165) is 5.56 Å². The molecule has 7 heteroatoms. The summed E-state index contributed by atoms with van der Waals surface area (Å²) in [5.41, 5.74) is 3.03. The molecule has 4 aromatic rings. The molecule has 2 aromatic heterocycles. The van der Waals surface area contributed by atoms with Crippen LogP contribution in [0.15, 0.2) is 67.0 Å². The number of benzene rings is 2. The number of halogens is 2. The number of hydrogen-bond donors (Lipinski definition) is 0. The minimum atomic E-state index is -0.536. The van der Waals surface area contributed by atoms with Gasteiger partial charge >= 0.3 is 5.97 Å². The van der Waals surface area contributed by atoms with E-state index in [1.165, 1.54) is 19.5 Å². The van der Waals surface area contributed by atoms with Crippen LogP contribution in [-0.2, 0) is 4.74 Å². The molecule has 2 aromatic carbocycles. The van der Waals surface area contributed by atoms with Crippen LogP contribution in [-0.4, -0.2) is 28.2 Å². The molecule has 4 rings (SSSR count). The highest BCUT2D eigenvalue weighted by molar-refractivity contribution is 6.31. The number of nitrogens with zero attached hydrogens (tertiary/aromatic N) is 2. The van der Waals surface area contributed by atoms with E-state index in [9.17, 15) is 9.59 Å². The Balaban J connectivity index is 1.88. The lowest BCUT2D eigenvalue weighted by Gasteiger charge is -2.06. The molecule has 0 aliphatic heterocycles. The SMILES string of the molecule is COC(=O)c1cc(C(=O)c2ccc(Cl)cc2)n2cnc(-c3ccc(Cl)cc3)cc12. The van der Waals surface area contributed by atoms with Crippen molar-refractivity contribution in [3.8, 4) is 11.3 Å². The lowest BCUT2D eigenvalue weighted by atomic mass is 10.1. The Labute approximate surface area is 176 Å². The molecular formula is C22H14Cl2N2O3. The van der Waals surface area contributed by atoms with Gasteiger partial charge < -0.3 is 4.74 Å². The lowest BCUT2D eigenvalue weighted by molar-refractivity contribution is 0.0603. The lowest BCUT2D eigenvalue weighted by Crippen LogP contribution is -2.05. The van der Waals surface area contributed by atoms with Gasteiger partial charge in [-0.2, -0.15) is 0 Å². The normalized spacial score (nSPS) is 10.9. The van der Waals surface area contributed by atoms with Gasteiger partial charge in [-0.05, 0) is 48.5 Å². The van der Waals surface area contributed by atoms with Crippen LogP contribution in [0.4, 0.5) is 0 Å².